The molecule has 3 aliphatic heterocycles. The number of aromatic hydroxyl groups is 1. The minimum atomic E-state index is -1.20. The third-order valence-corrected chi connectivity index (χ3v) is 14.1. The molecule has 2 saturated heterocycles. The van der Waals surface area contributed by atoms with E-state index in [4.69, 9.17) is 14.2 Å². The monoisotopic (exact) mass is 985 g/mol. The van der Waals surface area contributed by atoms with Gasteiger partial charge in [-0.25, -0.2) is 5.43 Å². The van der Waals surface area contributed by atoms with Crippen molar-refractivity contribution in [1.29, 1.82) is 0 Å². The lowest BCUT2D eigenvalue weighted by Gasteiger charge is -2.37. The van der Waals surface area contributed by atoms with Crippen LogP contribution in [0.3, 0.4) is 0 Å². The van der Waals surface area contributed by atoms with Crippen LogP contribution in [-0.4, -0.2) is 131 Å². The van der Waals surface area contributed by atoms with Gasteiger partial charge in [-0.2, -0.15) is 0 Å². The molecule has 5 aromatic rings. The number of amides is 4. The molecule has 17 heteroatoms. The van der Waals surface area contributed by atoms with E-state index in [1.54, 1.807) is 39.6 Å². The Hall–Kier alpha value is -6.82. The van der Waals surface area contributed by atoms with Gasteiger partial charge in [-0.05, 0) is 108 Å². The van der Waals surface area contributed by atoms with Crippen LogP contribution in [0.25, 0.3) is 33.3 Å². The van der Waals surface area contributed by atoms with Crippen LogP contribution in [0, 0.1) is 11.3 Å². The van der Waals surface area contributed by atoms with Crippen LogP contribution in [0.2, 0.25) is 0 Å². The zero-order chi connectivity index (χ0) is 51.6. The number of cyclic esters (lactones) is 1. The quantitative estimate of drug-likeness (QED) is 0.0847. The minimum absolute atomic E-state index is 0.0260. The lowest BCUT2D eigenvalue weighted by molar-refractivity contribution is -0.155. The maximum atomic E-state index is 14.8. The average Bonchev–Trinajstić information content (AvgIpc) is 4.11. The summed E-state index contributed by atoms with van der Waals surface area (Å²) in [6.45, 7) is 11.0. The first-order valence-electron chi connectivity index (χ1n) is 24.8. The summed E-state index contributed by atoms with van der Waals surface area (Å²) < 4.78 is 19.3. The summed E-state index contributed by atoms with van der Waals surface area (Å²) in [7, 11) is 6.33. The molecule has 3 aromatic carbocycles. The number of phenols is 1. The van der Waals surface area contributed by atoms with Crippen molar-refractivity contribution < 1.29 is 43.3 Å². The third kappa shape index (κ3) is 11.0. The van der Waals surface area contributed by atoms with Crippen molar-refractivity contribution in [3.8, 4) is 33.9 Å². The number of hydrazine groups is 1. The van der Waals surface area contributed by atoms with Gasteiger partial charge in [0.2, 0.25) is 17.7 Å². The standard InChI is InChI=1S/C55H68N8O9/c1-10-62-45-18-15-35-26-40(45)41(50(62)42-28-56-20-19-36(42)30-70-8)27-55(4,5)31-72-54(69)43-12-11-21-63(59-43)52(67)44(24-33-22-37(35)25-38(64)23-33)57-51(66)49(32(2)3)61(7)46(65)29-60(6)53(68)48-47(58-48)34-13-16-39(71-9)17-14-34/h13-20,22-23,25-26,28,32,43-44,47-49,58-59,64H,10-12,21,24,27,29-31H2,1-9H3,(H,57,66)/t43-,44-,47-,48+,49-/m0/s1. The van der Waals surface area contributed by atoms with Crippen LogP contribution >= 0.6 is 0 Å². The minimum Gasteiger partial charge on any atom is -0.508 e. The first kappa shape index (κ1) is 51.5. The highest BCUT2D eigenvalue weighted by molar-refractivity contribution is 5.96. The molecule has 2 aromatic heterocycles. The number of phenolic OH excluding ortho intramolecular Hbond substituents is 1. The predicted octanol–water partition coefficient (Wildman–Crippen LogP) is 5.55. The van der Waals surface area contributed by atoms with Gasteiger partial charge >= 0.3 is 5.97 Å². The molecule has 0 aliphatic carbocycles. The number of esters is 1. The maximum absolute atomic E-state index is 14.8. The normalized spacial score (nSPS) is 20.3. The number of nitrogens with one attached hydrogen (secondary N) is 3. The first-order chi connectivity index (χ1) is 34.4. The van der Waals surface area contributed by atoms with Crippen LogP contribution in [0.15, 0.2) is 79.1 Å². The highest BCUT2D eigenvalue weighted by Crippen LogP contribution is 2.41. The predicted molar refractivity (Wildman–Crippen MR) is 272 cm³/mol. The van der Waals surface area contributed by atoms with Gasteiger partial charge in [0.25, 0.3) is 5.91 Å². The van der Waals surface area contributed by atoms with Crippen molar-refractivity contribution in [2.75, 3.05) is 48.0 Å². The molecular formula is C55H68N8O9. The Labute approximate surface area is 421 Å². The van der Waals surface area contributed by atoms with Crippen LogP contribution < -0.4 is 20.8 Å². The molecule has 0 spiro atoms. The number of hydrogen-bond acceptors (Lipinski definition) is 12. The summed E-state index contributed by atoms with van der Waals surface area (Å²) in [4.78, 5) is 78.0. The highest BCUT2D eigenvalue weighted by atomic mass is 16.5. The number of fused-ring (bicyclic) bond motifs is 6. The number of carbonyl (C=O) groups is 5. The fourth-order valence-corrected chi connectivity index (χ4v) is 10.4. The molecule has 0 radical (unpaired) electrons. The molecule has 8 rings (SSSR count). The zero-order valence-corrected chi connectivity index (χ0v) is 42.8. The summed E-state index contributed by atoms with van der Waals surface area (Å²) >= 11 is 0. The molecule has 5 atom stereocenters. The Kier molecular flexibility index (Phi) is 15.4. The molecule has 17 nitrogen and oxygen atoms in total. The van der Waals surface area contributed by atoms with Gasteiger partial charge in [0.05, 0.1) is 38.6 Å². The molecule has 72 heavy (non-hydrogen) atoms. The summed E-state index contributed by atoms with van der Waals surface area (Å²) in [5, 5.41) is 19.9. The van der Waals surface area contributed by atoms with E-state index in [1.165, 1.54) is 21.9 Å². The molecule has 382 valence electrons. The number of carbonyl (C=O) groups excluding carboxylic acids is 5. The number of methoxy groups -OCH3 is 2. The van der Waals surface area contributed by atoms with E-state index in [1.807, 2.05) is 62.5 Å². The van der Waals surface area contributed by atoms with Crippen molar-refractivity contribution in [1.82, 2.24) is 40.4 Å². The average molecular weight is 985 g/mol. The lowest BCUT2D eigenvalue weighted by atomic mass is 9.84. The number of aromatic nitrogens is 2. The fourth-order valence-electron chi connectivity index (χ4n) is 10.4. The number of benzene rings is 3. The van der Waals surface area contributed by atoms with Crippen molar-refractivity contribution in [3.05, 3.63) is 101 Å². The van der Waals surface area contributed by atoms with E-state index in [0.29, 0.717) is 49.3 Å². The first-order valence-corrected chi connectivity index (χ1v) is 24.8. The van der Waals surface area contributed by atoms with E-state index >= 15 is 0 Å². The van der Waals surface area contributed by atoms with E-state index in [0.717, 1.165) is 44.4 Å². The van der Waals surface area contributed by atoms with E-state index in [-0.39, 0.29) is 43.8 Å². The van der Waals surface area contributed by atoms with Gasteiger partial charge in [0.15, 0.2) is 0 Å². The van der Waals surface area contributed by atoms with E-state index in [2.05, 4.69) is 58.5 Å². The Morgan fingerprint density at radius 3 is 2.49 bits per heavy atom. The summed E-state index contributed by atoms with van der Waals surface area (Å²) in [6.07, 6.45) is 5.05. The van der Waals surface area contributed by atoms with Gasteiger partial charge < -0.3 is 39.0 Å². The van der Waals surface area contributed by atoms with Crippen LogP contribution in [-0.2, 0) is 59.4 Å². The summed E-state index contributed by atoms with van der Waals surface area (Å²) in [5.41, 5.74) is 10.5. The molecule has 4 amide bonds. The number of rotatable bonds is 13. The van der Waals surface area contributed by atoms with E-state index < -0.39 is 59.2 Å². The SMILES string of the molecule is CCn1c(-c2cnccc2COC)c2c3cc(ccc31)-c1cc(O)cc(c1)C[C@H](NC(=O)[C@H](C(C)C)N(C)C(=O)CN(C)C(=O)[C@@H]1N[C@H]1c1ccc(OC)cc1)C(=O)N1CCC[C@H](N1)C(=O)OCC(C)(C)C2. The smallest absolute Gasteiger partial charge is 0.324 e. The fraction of sp³-hybridized carbons (Fsp3) is 0.455. The molecule has 0 saturated carbocycles. The molecule has 0 unspecified atom stereocenters. The number of aryl methyl sites for hydroxylation is 1. The Morgan fingerprint density at radius 1 is 1.01 bits per heavy atom. The van der Waals surface area contributed by atoms with Gasteiger partial charge in [0, 0.05) is 75.0 Å². The van der Waals surface area contributed by atoms with Gasteiger partial charge in [-0.15, -0.1) is 0 Å². The summed E-state index contributed by atoms with van der Waals surface area (Å²) in [6, 6.07) is 17.0. The molecule has 5 heterocycles. The Balaban J connectivity index is 1.11. The van der Waals surface area contributed by atoms with E-state index in [9.17, 15) is 29.1 Å². The highest BCUT2D eigenvalue weighted by Gasteiger charge is 2.45. The van der Waals surface area contributed by atoms with Gasteiger partial charge in [-0.3, -0.25) is 39.3 Å². The maximum Gasteiger partial charge on any atom is 0.324 e. The van der Waals surface area contributed by atoms with Crippen molar-refractivity contribution in [3.63, 3.8) is 0 Å². The lowest BCUT2D eigenvalue weighted by Crippen LogP contribution is -2.62. The van der Waals surface area contributed by atoms with Gasteiger partial charge in [-0.1, -0.05) is 52.0 Å². The van der Waals surface area contributed by atoms with Crippen LogP contribution in [0.5, 0.6) is 11.5 Å². The third-order valence-electron chi connectivity index (χ3n) is 14.1. The molecular weight excluding hydrogens is 917 g/mol. The van der Waals surface area contributed by atoms with Gasteiger partial charge in [0.1, 0.15) is 35.7 Å². The van der Waals surface area contributed by atoms with Crippen LogP contribution in [0.4, 0.5) is 0 Å². The number of pyridine rings is 1. The topological polar surface area (TPSA) is 207 Å². The van der Waals surface area contributed by atoms with Crippen LogP contribution in [0.1, 0.15) is 75.8 Å². The second-order valence-electron chi connectivity index (χ2n) is 20.5. The number of likely N-dealkylation sites (N-methyl/N-ethyl adjacent to an activating group) is 2. The number of hydrogen-bond donors (Lipinski definition) is 4. The molecule has 4 N–H and O–H groups in total. The Bertz CT molecular complexity index is 2840. The van der Waals surface area contributed by atoms with Crippen molar-refractivity contribution in [2.24, 2.45) is 11.3 Å². The Morgan fingerprint density at radius 2 is 1.78 bits per heavy atom. The number of nitrogens with zero attached hydrogens (tertiary/aromatic N) is 5. The van der Waals surface area contributed by atoms with Crippen molar-refractivity contribution >= 4 is 40.5 Å². The molecule has 3 aliphatic rings. The largest absolute Gasteiger partial charge is 0.508 e. The summed E-state index contributed by atoms with van der Waals surface area (Å²) in [5.74, 6) is -2.03. The number of ether oxygens (including phenoxy) is 3. The second-order valence-corrected chi connectivity index (χ2v) is 20.5. The molecule has 6 bridgehead atoms. The molecule has 2 fully saturated rings. The zero-order valence-electron chi connectivity index (χ0n) is 42.8. The second kappa shape index (κ2) is 21.5. The van der Waals surface area contributed by atoms with Crippen molar-refractivity contribution in [2.45, 2.75) is 104 Å².